The molecule has 4 nitrogen and oxygen atoms in total. The molecule has 0 aromatic heterocycles. The molecule has 110 valence electrons. The van der Waals surface area contributed by atoms with Gasteiger partial charge < -0.3 is 15.1 Å². The lowest BCUT2D eigenvalue weighted by molar-refractivity contribution is 0.265. The van der Waals surface area contributed by atoms with Crippen LogP contribution in [0.15, 0.2) is 4.99 Å². The van der Waals surface area contributed by atoms with Gasteiger partial charge >= 0.3 is 0 Å². The number of hydrogen-bond acceptors (Lipinski definition) is 2. The van der Waals surface area contributed by atoms with Gasteiger partial charge in [0.1, 0.15) is 0 Å². The fraction of sp³-hybridized carbons (Fsp3) is 0.933. The lowest BCUT2D eigenvalue weighted by atomic mass is 10.0. The van der Waals surface area contributed by atoms with Crippen molar-refractivity contribution in [3.05, 3.63) is 0 Å². The van der Waals surface area contributed by atoms with Crippen LogP contribution in [0.2, 0.25) is 0 Å². The van der Waals surface area contributed by atoms with Crippen LogP contribution in [0, 0.1) is 11.8 Å². The van der Waals surface area contributed by atoms with Crippen molar-refractivity contribution < 1.29 is 0 Å². The molecule has 0 saturated carbocycles. The lowest BCUT2D eigenvalue weighted by Gasteiger charge is -2.33. The third kappa shape index (κ3) is 4.37. The molecular formula is C15H30N4. The number of rotatable bonds is 3. The van der Waals surface area contributed by atoms with Gasteiger partial charge in [-0.1, -0.05) is 6.92 Å². The molecular weight excluding hydrogens is 236 g/mol. The Morgan fingerprint density at radius 1 is 1.26 bits per heavy atom. The van der Waals surface area contributed by atoms with Gasteiger partial charge in [-0.15, -0.1) is 0 Å². The van der Waals surface area contributed by atoms with Crippen LogP contribution in [0.5, 0.6) is 0 Å². The van der Waals surface area contributed by atoms with E-state index in [4.69, 9.17) is 4.99 Å². The van der Waals surface area contributed by atoms with Crippen LogP contribution < -0.4 is 5.32 Å². The zero-order valence-corrected chi connectivity index (χ0v) is 12.9. The number of nitrogens with one attached hydrogen (secondary N) is 1. The third-order valence-corrected chi connectivity index (χ3v) is 4.28. The summed E-state index contributed by atoms with van der Waals surface area (Å²) >= 11 is 0. The highest BCUT2D eigenvalue weighted by Gasteiger charge is 2.21. The fourth-order valence-corrected chi connectivity index (χ4v) is 3.20. The average molecular weight is 266 g/mol. The second kappa shape index (κ2) is 7.13. The van der Waals surface area contributed by atoms with Crippen LogP contribution in [0.4, 0.5) is 0 Å². The predicted molar refractivity (Wildman–Crippen MR) is 81.6 cm³/mol. The minimum atomic E-state index is 0.751. The molecule has 4 heteroatoms. The SMILES string of the molecule is CCNC(=NCC1CCN(C)C1)N1CCCC(C)C1. The van der Waals surface area contributed by atoms with E-state index in [9.17, 15) is 0 Å². The first kappa shape index (κ1) is 14.6. The van der Waals surface area contributed by atoms with Crippen molar-refractivity contribution in [1.82, 2.24) is 15.1 Å². The van der Waals surface area contributed by atoms with Crippen LogP contribution in [-0.2, 0) is 0 Å². The van der Waals surface area contributed by atoms with Crippen LogP contribution in [0.25, 0.3) is 0 Å². The quantitative estimate of drug-likeness (QED) is 0.622. The molecule has 2 saturated heterocycles. The molecule has 2 unspecified atom stereocenters. The predicted octanol–water partition coefficient (Wildman–Crippen LogP) is 1.64. The molecule has 0 aromatic rings. The van der Waals surface area contributed by atoms with Crippen LogP contribution in [0.1, 0.15) is 33.1 Å². The molecule has 0 aliphatic carbocycles. The number of hydrogen-bond donors (Lipinski definition) is 1. The minimum Gasteiger partial charge on any atom is -0.357 e. The van der Waals surface area contributed by atoms with Gasteiger partial charge in [0.2, 0.25) is 0 Å². The second-order valence-electron chi connectivity index (χ2n) is 6.30. The Morgan fingerprint density at radius 2 is 2.11 bits per heavy atom. The Morgan fingerprint density at radius 3 is 2.74 bits per heavy atom. The third-order valence-electron chi connectivity index (χ3n) is 4.28. The van der Waals surface area contributed by atoms with E-state index in [-0.39, 0.29) is 0 Å². The van der Waals surface area contributed by atoms with Gasteiger partial charge in [-0.05, 0) is 51.6 Å². The van der Waals surface area contributed by atoms with E-state index >= 15 is 0 Å². The fourth-order valence-electron chi connectivity index (χ4n) is 3.20. The van der Waals surface area contributed by atoms with Crippen LogP contribution in [-0.4, -0.2) is 62.1 Å². The van der Waals surface area contributed by atoms with E-state index in [0.29, 0.717) is 0 Å². The van der Waals surface area contributed by atoms with Gasteiger partial charge in [0, 0.05) is 32.7 Å². The summed E-state index contributed by atoms with van der Waals surface area (Å²) in [6, 6.07) is 0. The smallest absolute Gasteiger partial charge is 0.193 e. The van der Waals surface area contributed by atoms with Crippen molar-refractivity contribution in [3.63, 3.8) is 0 Å². The van der Waals surface area contributed by atoms with Crippen molar-refractivity contribution >= 4 is 5.96 Å². The van der Waals surface area contributed by atoms with Crippen molar-refractivity contribution in [2.75, 3.05) is 46.3 Å². The summed E-state index contributed by atoms with van der Waals surface area (Å²) in [5.74, 6) is 2.69. The summed E-state index contributed by atoms with van der Waals surface area (Å²) in [7, 11) is 2.21. The first-order valence-electron chi connectivity index (χ1n) is 7.90. The van der Waals surface area contributed by atoms with Gasteiger partial charge in [0.05, 0.1) is 0 Å². The number of nitrogens with zero attached hydrogens (tertiary/aromatic N) is 3. The van der Waals surface area contributed by atoms with E-state index < -0.39 is 0 Å². The van der Waals surface area contributed by atoms with Gasteiger partial charge in [0.25, 0.3) is 0 Å². The molecule has 2 rings (SSSR count). The summed E-state index contributed by atoms with van der Waals surface area (Å²) in [4.78, 5) is 9.76. The van der Waals surface area contributed by atoms with Crippen molar-refractivity contribution in [1.29, 1.82) is 0 Å². The second-order valence-corrected chi connectivity index (χ2v) is 6.30. The van der Waals surface area contributed by atoms with E-state index in [0.717, 1.165) is 37.4 Å². The van der Waals surface area contributed by atoms with E-state index in [2.05, 4.69) is 36.0 Å². The number of aliphatic imine (C=N–C) groups is 1. The summed E-state index contributed by atoms with van der Waals surface area (Å²) in [5, 5.41) is 3.47. The van der Waals surface area contributed by atoms with Crippen molar-refractivity contribution in [2.24, 2.45) is 16.8 Å². The lowest BCUT2D eigenvalue weighted by Crippen LogP contribution is -2.46. The molecule has 1 N–H and O–H groups in total. The highest BCUT2D eigenvalue weighted by molar-refractivity contribution is 5.80. The molecule has 2 aliphatic heterocycles. The van der Waals surface area contributed by atoms with E-state index in [1.807, 2.05) is 0 Å². The summed E-state index contributed by atoms with van der Waals surface area (Å²) in [5.41, 5.74) is 0. The Labute approximate surface area is 118 Å². The van der Waals surface area contributed by atoms with Gasteiger partial charge in [-0.25, -0.2) is 0 Å². The van der Waals surface area contributed by atoms with Crippen molar-refractivity contribution in [3.8, 4) is 0 Å². The normalized spacial score (nSPS) is 29.8. The molecule has 0 amide bonds. The summed E-state index contributed by atoms with van der Waals surface area (Å²) in [6.07, 6.45) is 3.97. The van der Waals surface area contributed by atoms with Gasteiger partial charge in [-0.2, -0.15) is 0 Å². The summed E-state index contributed by atoms with van der Waals surface area (Å²) < 4.78 is 0. The zero-order valence-electron chi connectivity index (χ0n) is 12.9. The highest BCUT2D eigenvalue weighted by Crippen LogP contribution is 2.17. The topological polar surface area (TPSA) is 30.9 Å². The molecule has 2 heterocycles. The molecule has 2 atom stereocenters. The maximum atomic E-state index is 4.89. The minimum absolute atomic E-state index is 0.751. The first-order valence-corrected chi connectivity index (χ1v) is 7.90. The zero-order chi connectivity index (χ0) is 13.7. The summed E-state index contributed by atoms with van der Waals surface area (Å²) in [6.45, 7) is 11.2. The molecule has 19 heavy (non-hydrogen) atoms. The molecule has 2 fully saturated rings. The van der Waals surface area contributed by atoms with Gasteiger partial charge in [-0.3, -0.25) is 4.99 Å². The molecule has 0 spiro atoms. The molecule has 0 bridgehead atoms. The van der Waals surface area contributed by atoms with Crippen molar-refractivity contribution in [2.45, 2.75) is 33.1 Å². The Hall–Kier alpha value is -0.770. The number of guanidine groups is 1. The molecule has 2 aliphatic rings. The van der Waals surface area contributed by atoms with E-state index in [1.165, 1.54) is 38.9 Å². The maximum Gasteiger partial charge on any atom is 0.193 e. The Balaban J connectivity index is 1.90. The number of likely N-dealkylation sites (tertiary alicyclic amines) is 2. The monoisotopic (exact) mass is 266 g/mol. The Kier molecular flexibility index (Phi) is 5.49. The first-order chi connectivity index (χ1) is 9.19. The standard InChI is InChI=1S/C15H30N4/c1-4-16-15(19-8-5-6-13(2)11-19)17-10-14-7-9-18(3)12-14/h13-14H,4-12H2,1-3H3,(H,16,17). The Bertz CT molecular complexity index is 303. The van der Waals surface area contributed by atoms with Crippen LogP contribution >= 0.6 is 0 Å². The average Bonchev–Trinajstić information content (AvgIpc) is 2.80. The van der Waals surface area contributed by atoms with E-state index in [1.54, 1.807) is 0 Å². The van der Waals surface area contributed by atoms with Crippen LogP contribution in [0.3, 0.4) is 0 Å². The highest BCUT2D eigenvalue weighted by atomic mass is 15.3. The molecule has 0 aromatic carbocycles. The molecule has 0 radical (unpaired) electrons. The largest absolute Gasteiger partial charge is 0.357 e. The number of piperidine rings is 1. The van der Waals surface area contributed by atoms with Gasteiger partial charge in [0.15, 0.2) is 5.96 Å². The maximum absolute atomic E-state index is 4.89.